The van der Waals surface area contributed by atoms with E-state index >= 15 is 0 Å². The first-order chi connectivity index (χ1) is 6.36. The number of carbonyl (C=O) groups excluding carboxylic acids is 1. The maximum Gasteiger partial charge on any atom is 0.255 e. The molecule has 1 atom stereocenters. The van der Waals surface area contributed by atoms with Gasteiger partial charge in [-0.3, -0.25) is 10.1 Å². The quantitative estimate of drug-likeness (QED) is 0.704. The molecule has 1 fully saturated rings. The Balaban J connectivity index is 1.94. The van der Waals surface area contributed by atoms with Gasteiger partial charge in [0.05, 0.1) is 6.61 Å². The average molecular weight is 179 g/mol. The van der Waals surface area contributed by atoms with Crippen molar-refractivity contribution < 1.29 is 9.53 Å². The number of carbonyl (C=O) groups is 1. The van der Waals surface area contributed by atoms with Crippen molar-refractivity contribution in [2.45, 2.75) is 12.5 Å². The molecule has 0 aliphatic carbocycles. The van der Waals surface area contributed by atoms with Gasteiger partial charge in [0.1, 0.15) is 6.10 Å². The predicted molar refractivity (Wildman–Crippen MR) is 45.0 cm³/mol. The highest BCUT2D eigenvalue weighted by Crippen LogP contribution is 2.12. The van der Waals surface area contributed by atoms with E-state index in [0.717, 1.165) is 6.42 Å². The minimum absolute atomic E-state index is 0.169. The molecule has 1 unspecified atom stereocenters. The summed E-state index contributed by atoms with van der Waals surface area (Å²) in [7, 11) is 0. The molecule has 0 aromatic carbocycles. The SMILES string of the molecule is O=C(Nc1ncccn1)C1CCO1. The highest BCUT2D eigenvalue weighted by Gasteiger charge is 2.26. The van der Waals surface area contributed by atoms with Crippen molar-refractivity contribution in [2.75, 3.05) is 11.9 Å². The van der Waals surface area contributed by atoms with Crippen LogP contribution in [0.1, 0.15) is 6.42 Å². The van der Waals surface area contributed by atoms with E-state index in [4.69, 9.17) is 4.74 Å². The van der Waals surface area contributed by atoms with Crippen molar-refractivity contribution in [3.8, 4) is 0 Å². The highest BCUT2D eigenvalue weighted by molar-refractivity contribution is 5.93. The molecule has 0 spiro atoms. The van der Waals surface area contributed by atoms with Gasteiger partial charge in [0.2, 0.25) is 5.95 Å². The van der Waals surface area contributed by atoms with E-state index in [1.54, 1.807) is 18.5 Å². The van der Waals surface area contributed by atoms with Gasteiger partial charge < -0.3 is 4.74 Å². The summed E-state index contributed by atoms with van der Waals surface area (Å²) in [5.41, 5.74) is 0. The molecule has 1 aliphatic heterocycles. The van der Waals surface area contributed by atoms with Gasteiger partial charge >= 0.3 is 0 Å². The van der Waals surface area contributed by atoms with E-state index in [1.807, 2.05) is 0 Å². The second-order valence-corrected chi connectivity index (χ2v) is 2.71. The number of anilines is 1. The molecule has 1 aromatic rings. The predicted octanol–water partition coefficient (Wildman–Crippen LogP) is 0.204. The largest absolute Gasteiger partial charge is 0.368 e. The molecule has 5 nitrogen and oxygen atoms in total. The molecule has 1 aromatic heterocycles. The lowest BCUT2D eigenvalue weighted by Crippen LogP contribution is -2.39. The number of hydrogen-bond donors (Lipinski definition) is 1. The van der Waals surface area contributed by atoms with E-state index in [0.29, 0.717) is 12.6 Å². The van der Waals surface area contributed by atoms with Crippen LogP contribution in [0.4, 0.5) is 5.95 Å². The molecule has 0 bridgehead atoms. The summed E-state index contributed by atoms with van der Waals surface area (Å²) >= 11 is 0. The first-order valence-corrected chi connectivity index (χ1v) is 4.06. The van der Waals surface area contributed by atoms with Gasteiger partial charge in [0, 0.05) is 18.8 Å². The van der Waals surface area contributed by atoms with Crippen molar-refractivity contribution in [2.24, 2.45) is 0 Å². The first-order valence-electron chi connectivity index (χ1n) is 4.06. The lowest BCUT2D eigenvalue weighted by Gasteiger charge is -2.24. The third-order valence-corrected chi connectivity index (χ3v) is 1.79. The normalized spacial score (nSPS) is 20.5. The smallest absolute Gasteiger partial charge is 0.255 e. The number of aromatic nitrogens is 2. The molecule has 2 heterocycles. The van der Waals surface area contributed by atoms with E-state index in [2.05, 4.69) is 15.3 Å². The van der Waals surface area contributed by atoms with Gasteiger partial charge in [-0.15, -0.1) is 0 Å². The van der Waals surface area contributed by atoms with E-state index < -0.39 is 0 Å². The second kappa shape index (κ2) is 3.49. The topological polar surface area (TPSA) is 64.1 Å². The first kappa shape index (κ1) is 8.12. The van der Waals surface area contributed by atoms with E-state index in [9.17, 15) is 4.79 Å². The third kappa shape index (κ3) is 1.81. The Kier molecular flexibility index (Phi) is 2.18. The van der Waals surface area contributed by atoms with Gasteiger partial charge in [0.25, 0.3) is 5.91 Å². The standard InChI is InChI=1S/C8H9N3O2/c12-7(6-2-5-13-6)11-8-9-3-1-4-10-8/h1,3-4,6H,2,5H2,(H,9,10,11,12). The lowest BCUT2D eigenvalue weighted by molar-refractivity contribution is -0.139. The van der Waals surface area contributed by atoms with Crippen LogP contribution in [0.2, 0.25) is 0 Å². The molecule has 2 rings (SSSR count). The minimum atomic E-state index is -0.316. The van der Waals surface area contributed by atoms with Gasteiger partial charge in [-0.1, -0.05) is 0 Å². The Labute approximate surface area is 75.1 Å². The molecule has 13 heavy (non-hydrogen) atoms. The molecule has 5 heteroatoms. The molecule has 1 aliphatic rings. The number of hydrogen-bond acceptors (Lipinski definition) is 4. The van der Waals surface area contributed by atoms with Crippen molar-refractivity contribution in [1.82, 2.24) is 9.97 Å². The van der Waals surface area contributed by atoms with Crippen LogP contribution >= 0.6 is 0 Å². The van der Waals surface area contributed by atoms with Crippen LogP contribution < -0.4 is 5.32 Å². The zero-order valence-electron chi connectivity index (χ0n) is 6.93. The van der Waals surface area contributed by atoms with Crippen LogP contribution in [-0.2, 0) is 9.53 Å². The Bertz CT molecular complexity index is 298. The van der Waals surface area contributed by atoms with Gasteiger partial charge in [-0.2, -0.15) is 0 Å². The van der Waals surface area contributed by atoms with E-state index in [1.165, 1.54) is 0 Å². The van der Waals surface area contributed by atoms with Gasteiger partial charge in [-0.05, 0) is 6.07 Å². The van der Waals surface area contributed by atoms with Gasteiger partial charge in [0.15, 0.2) is 0 Å². The fourth-order valence-corrected chi connectivity index (χ4v) is 0.997. The average Bonchev–Trinajstić information content (AvgIpc) is 2.02. The number of ether oxygens (including phenoxy) is 1. The molecular formula is C8H9N3O2. The fraction of sp³-hybridized carbons (Fsp3) is 0.375. The fourth-order valence-electron chi connectivity index (χ4n) is 0.997. The molecular weight excluding hydrogens is 170 g/mol. The maximum absolute atomic E-state index is 11.3. The summed E-state index contributed by atoms with van der Waals surface area (Å²) in [5.74, 6) is 0.153. The van der Waals surface area contributed by atoms with E-state index in [-0.39, 0.29) is 12.0 Å². The summed E-state index contributed by atoms with van der Waals surface area (Å²) in [6, 6.07) is 1.69. The molecule has 0 radical (unpaired) electrons. The summed E-state index contributed by atoms with van der Waals surface area (Å²) in [6.07, 6.45) is 3.61. The molecule has 1 N–H and O–H groups in total. The van der Waals surface area contributed by atoms with Crippen molar-refractivity contribution >= 4 is 11.9 Å². The van der Waals surface area contributed by atoms with Crippen molar-refractivity contribution in [1.29, 1.82) is 0 Å². The van der Waals surface area contributed by atoms with Crippen LogP contribution in [0, 0.1) is 0 Å². The third-order valence-electron chi connectivity index (χ3n) is 1.79. The zero-order valence-corrected chi connectivity index (χ0v) is 6.93. The van der Waals surface area contributed by atoms with Crippen LogP contribution in [0.5, 0.6) is 0 Å². The zero-order chi connectivity index (χ0) is 9.10. The highest BCUT2D eigenvalue weighted by atomic mass is 16.5. The van der Waals surface area contributed by atoms with Crippen LogP contribution in [0.3, 0.4) is 0 Å². The number of nitrogens with one attached hydrogen (secondary N) is 1. The second-order valence-electron chi connectivity index (χ2n) is 2.71. The molecule has 68 valence electrons. The summed E-state index contributed by atoms with van der Waals surface area (Å²) in [6.45, 7) is 0.660. The number of amides is 1. The van der Waals surface area contributed by atoms with Crippen molar-refractivity contribution in [3.63, 3.8) is 0 Å². The van der Waals surface area contributed by atoms with Crippen LogP contribution in [0.15, 0.2) is 18.5 Å². The molecule has 1 amide bonds. The summed E-state index contributed by atoms with van der Waals surface area (Å²) in [5, 5.41) is 2.56. The molecule has 0 saturated carbocycles. The summed E-state index contributed by atoms with van der Waals surface area (Å²) in [4.78, 5) is 19.0. The number of rotatable bonds is 2. The maximum atomic E-state index is 11.3. The Morgan fingerprint density at radius 2 is 2.23 bits per heavy atom. The van der Waals surface area contributed by atoms with Crippen LogP contribution in [-0.4, -0.2) is 28.6 Å². The number of nitrogens with zero attached hydrogens (tertiary/aromatic N) is 2. The monoisotopic (exact) mass is 179 g/mol. The lowest BCUT2D eigenvalue weighted by atomic mass is 10.2. The Hall–Kier alpha value is -1.49. The Morgan fingerprint density at radius 3 is 2.77 bits per heavy atom. The minimum Gasteiger partial charge on any atom is -0.368 e. The van der Waals surface area contributed by atoms with Gasteiger partial charge in [-0.25, -0.2) is 9.97 Å². The van der Waals surface area contributed by atoms with Crippen molar-refractivity contribution in [3.05, 3.63) is 18.5 Å². The summed E-state index contributed by atoms with van der Waals surface area (Å²) < 4.78 is 5.00. The molecule has 1 saturated heterocycles. The van der Waals surface area contributed by atoms with Crippen LogP contribution in [0.25, 0.3) is 0 Å². The Morgan fingerprint density at radius 1 is 1.54 bits per heavy atom.